The SMILES string of the molecule is O=C(CSCc1cccs1)NCc1ccc2c(c1)OCO2. The molecular weight excluding hydrogens is 306 g/mol. The van der Waals surface area contributed by atoms with E-state index in [0.717, 1.165) is 22.8 Å². The summed E-state index contributed by atoms with van der Waals surface area (Å²) < 4.78 is 10.6. The summed E-state index contributed by atoms with van der Waals surface area (Å²) in [6.45, 7) is 0.777. The van der Waals surface area contributed by atoms with Crippen LogP contribution in [0.2, 0.25) is 0 Å². The molecule has 21 heavy (non-hydrogen) atoms. The first-order valence-electron chi connectivity index (χ1n) is 6.56. The molecule has 1 aliphatic heterocycles. The maximum Gasteiger partial charge on any atom is 0.231 e. The summed E-state index contributed by atoms with van der Waals surface area (Å²) in [5.74, 6) is 2.91. The van der Waals surface area contributed by atoms with E-state index in [1.807, 2.05) is 24.3 Å². The Morgan fingerprint density at radius 1 is 1.29 bits per heavy atom. The third-order valence-electron chi connectivity index (χ3n) is 2.98. The Morgan fingerprint density at radius 2 is 2.19 bits per heavy atom. The Morgan fingerprint density at radius 3 is 3.05 bits per heavy atom. The molecule has 1 aromatic heterocycles. The van der Waals surface area contributed by atoms with Crippen molar-refractivity contribution >= 4 is 29.0 Å². The molecule has 0 aliphatic carbocycles. The zero-order valence-corrected chi connectivity index (χ0v) is 13.0. The standard InChI is InChI=1S/C15H15NO3S2/c17-15(9-20-8-12-2-1-5-21-12)16-7-11-3-4-13-14(6-11)19-10-18-13/h1-6H,7-10H2,(H,16,17). The number of fused-ring (bicyclic) bond motifs is 1. The molecule has 2 heterocycles. The number of benzene rings is 1. The van der Waals surface area contributed by atoms with E-state index in [9.17, 15) is 4.79 Å². The highest BCUT2D eigenvalue weighted by atomic mass is 32.2. The van der Waals surface area contributed by atoms with Gasteiger partial charge in [-0.1, -0.05) is 12.1 Å². The monoisotopic (exact) mass is 321 g/mol. The summed E-state index contributed by atoms with van der Waals surface area (Å²) in [6.07, 6.45) is 0. The van der Waals surface area contributed by atoms with Gasteiger partial charge in [0.25, 0.3) is 0 Å². The van der Waals surface area contributed by atoms with Gasteiger partial charge in [0.05, 0.1) is 5.75 Å². The molecule has 0 radical (unpaired) electrons. The summed E-state index contributed by atoms with van der Waals surface area (Å²) in [6, 6.07) is 9.83. The molecule has 1 amide bonds. The average molecular weight is 321 g/mol. The molecule has 6 heteroatoms. The Bertz CT molecular complexity index is 613. The van der Waals surface area contributed by atoms with Gasteiger partial charge in [-0.3, -0.25) is 4.79 Å². The first kappa shape index (κ1) is 14.3. The molecule has 0 fully saturated rings. The molecule has 1 aromatic carbocycles. The van der Waals surface area contributed by atoms with Crippen molar-refractivity contribution in [2.75, 3.05) is 12.5 Å². The van der Waals surface area contributed by atoms with E-state index in [4.69, 9.17) is 9.47 Å². The van der Waals surface area contributed by atoms with Gasteiger partial charge >= 0.3 is 0 Å². The van der Waals surface area contributed by atoms with E-state index >= 15 is 0 Å². The smallest absolute Gasteiger partial charge is 0.231 e. The Kier molecular flexibility index (Phi) is 4.67. The highest BCUT2D eigenvalue weighted by Crippen LogP contribution is 2.32. The molecule has 2 aromatic rings. The molecule has 110 valence electrons. The van der Waals surface area contributed by atoms with Gasteiger partial charge in [-0.15, -0.1) is 23.1 Å². The van der Waals surface area contributed by atoms with Gasteiger partial charge in [0.15, 0.2) is 11.5 Å². The van der Waals surface area contributed by atoms with E-state index in [-0.39, 0.29) is 12.7 Å². The fourth-order valence-corrected chi connectivity index (χ4v) is 3.64. The largest absolute Gasteiger partial charge is 0.454 e. The second-order valence-electron chi connectivity index (χ2n) is 4.54. The normalized spacial score (nSPS) is 12.4. The van der Waals surface area contributed by atoms with Gasteiger partial charge in [-0.2, -0.15) is 0 Å². The molecule has 0 atom stereocenters. The zero-order valence-electron chi connectivity index (χ0n) is 11.3. The molecule has 3 rings (SSSR count). The number of amides is 1. The van der Waals surface area contributed by atoms with Crippen LogP contribution >= 0.6 is 23.1 Å². The predicted octanol–water partition coefficient (Wildman–Crippen LogP) is 3.03. The highest BCUT2D eigenvalue weighted by Gasteiger charge is 2.13. The van der Waals surface area contributed by atoms with Crippen LogP contribution in [0.4, 0.5) is 0 Å². The number of nitrogens with one attached hydrogen (secondary N) is 1. The lowest BCUT2D eigenvalue weighted by Crippen LogP contribution is -2.24. The summed E-state index contributed by atoms with van der Waals surface area (Å²) >= 11 is 3.35. The van der Waals surface area contributed by atoms with E-state index in [2.05, 4.69) is 16.8 Å². The minimum absolute atomic E-state index is 0.0502. The quantitative estimate of drug-likeness (QED) is 0.888. The third-order valence-corrected chi connectivity index (χ3v) is 5.02. The highest BCUT2D eigenvalue weighted by molar-refractivity contribution is 7.99. The third kappa shape index (κ3) is 3.92. The summed E-state index contributed by atoms with van der Waals surface area (Å²) in [5.41, 5.74) is 1.01. The maximum atomic E-state index is 11.8. The van der Waals surface area contributed by atoms with Crippen LogP contribution in [-0.4, -0.2) is 18.5 Å². The lowest BCUT2D eigenvalue weighted by atomic mass is 10.2. The van der Waals surface area contributed by atoms with Crippen molar-refractivity contribution in [2.24, 2.45) is 0 Å². The predicted molar refractivity (Wildman–Crippen MR) is 84.9 cm³/mol. The van der Waals surface area contributed by atoms with Crippen LogP contribution in [0.1, 0.15) is 10.4 Å². The number of thioether (sulfide) groups is 1. The van der Waals surface area contributed by atoms with Crippen LogP contribution in [0, 0.1) is 0 Å². The second-order valence-corrected chi connectivity index (χ2v) is 6.55. The van der Waals surface area contributed by atoms with Gasteiger partial charge < -0.3 is 14.8 Å². The minimum atomic E-state index is 0.0502. The molecule has 0 saturated carbocycles. The molecule has 0 unspecified atom stereocenters. The van der Waals surface area contributed by atoms with Crippen LogP contribution in [0.5, 0.6) is 11.5 Å². The van der Waals surface area contributed by atoms with Crippen molar-refractivity contribution < 1.29 is 14.3 Å². The van der Waals surface area contributed by atoms with Crippen LogP contribution in [0.15, 0.2) is 35.7 Å². The van der Waals surface area contributed by atoms with Crippen molar-refractivity contribution in [3.05, 3.63) is 46.2 Å². The van der Waals surface area contributed by atoms with Crippen molar-refractivity contribution in [3.8, 4) is 11.5 Å². The van der Waals surface area contributed by atoms with Crippen molar-refractivity contribution in [1.29, 1.82) is 0 Å². The van der Waals surface area contributed by atoms with Gasteiger partial charge in [0.1, 0.15) is 0 Å². The number of thiophene rings is 1. The molecule has 0 bridgehead atoms. The zero-order chi connectivity index (χ0) is 14.5. The van der Waals surface area contributed by atoms with E-state index in [1.54, 1.807) is 23.1 Å². The van der Waals surface area contributed by atoms with Crippen molar-refractivity contribution in [2.45, 2.75) is 12.3 Å². The number of rotatable bonds is 6. The topological polar surface area (TPSA) is 47.6 Å². The van der Waals surface area contributed by atoms with Crippen molar-refractivity contribution in [1.82, 2.24) is 5.32 Å². The fraction of sp³-hybridized carbons (Fsp3) is 0.267. The summed E-state index contributed by atoms with van der Waals surface area (Å²) in [4.78, 5) is 13.1. The number of carbonyl (C=O) groups excluding carboxylic acids is 1. The lowest BCUT2D eigenvalue weighted by Gasteiger charge is -2.06. The number of carbonyl (C=O) groups is 1. The Hall–Kier alpha value is -1.66. The lowest BCUT2D eigenvalue weighted by molar-refractivity contribution is -0.118. The van der Waals surface area contributed by atoms with E-state index in [1.165, 1.54) is 4.88 Å². The van der Waals surface area contributed by atoms with Crippen molar-refractivity contribution in [3.63, 3.8) is 0 Å². The van der Waals surface area contributed by atoms with Crippen LogP contribution in [-0.2, 0) is 17.1 Å². The number of hydrogen-bond acceptors (Lipinski definition) is 5. The van der Waals surface area contributed by atoms with Gasteiger partial charge in [-0.25, -0.2) is 0 Å². The first-order valence-corrected chi connectivity index (χ1v) is 8.60. The van der Waals surface area contributed by atoms with Crippen LogP contribution in [0.3, 0.4) is 0 Å². The summed E-state index contributed by atoms with van der Waals surface area (Å²) in [7, 11) is 0. The molecule has 0 saturated heterocycles. The van der Waals surface area contributed by atoms with E-state index < -0.39 is 0 Å². The molecule has 4 nitrogen and oxygen atoms in total. The number of hydrogen-bond donors (Lipinski definition) is 1. The number of ether oxygens (including phenoxy) is 2. The Balaban J connectivity index is 1.41. The fourth-order valence-electron chi connectivity index (χ4n) is 1.94. The average Bonchev–Trinajstić information content (AvgIpc) is 3.15. The molecular formula is C15H15NO3S2. The van der Waals surface area contributed by atoms with Crippen LogP contribution < -0.4 is 14.8 Å². The Labute approximate surface area is 131 Å². The molecule has 1 aliphatic rings. The minimum Gasteiger partial charge on any atom is -0.454 e. The van der Waals surface area contributed by atoms with Crippen LogP contribution in [0.25, 0.3) is 0 Å². The first-order chi connectivity index (χ1) is 10.3. The van der Waals surface area contributed by atoms with Gasteiger partial charge in [-0.05, 0) is 29.1 Å². The van der Waals surface area contributed by atoms with Gasteiger partial charge in [0, 0.05) is 17.2 Å². The second kappa shape index (κ2) is 6.87. The molecule has 0 spiro atoms. The molecule has 1 N–H and O–H groups in total. The van der Waals surface area contributed by atoms with E-state index in [0.29, 0.717) is 12.3 Å². The summed E-state index contributed by atoms with van der Waals surface area (Å²) in [5, 5.41) is 4.97. The maximum absolute atomic E-state index is 11.8. The van der Waals surface area contributed by atoms with Gasteiger partial charge in [0.2, 0.25) is 12.7 Å².